The van der Waals surface area contributed by atoms with Crippen LogP contribution in [0.3, 0.4) is 0 Å². The van der Waals surface area contributed by atoms with E-state index in [1.165, 1.54) is 5.56 Å². The van der Waals surface area contributed by atoms with Gasteiger partial charge in [0.05, 0.1) is 0 Å². The molecule has 0 fully saturated rings. The number of nitrogens with zero attached hydrogens (tertiary/aromatic N) is 1. The summed E-state index contributed by atoms with van der Waals surface area (Å²) in [4.78, 5) is 26.2. The summed E-state index contributed by atoms with van der Waals surface area (Å²) < 4.78 is 5.20. The van der Waals surface area contributed by atoms with Crippen molar-refractivity contribution in [2.24, 2.45) is 0 Å². The zero-order chi connectivity index (χ0) is 20.6. The van der Waals surface area contributed by atoms with Gasteiger partial charge in [-0.1, -0.05) is 30.3 Å². The van der Waals surface area contributed by atoms with E-state index in [0.717, 1.165) is 13.1 Å². The Morgan fingerprint density at radius 1 is 1.00 bits per heavy atom. The first kappa shape index (κ1) is 21.4. The summed E-state index contributed by atoms with van der Waals surface area (Å²) in [6.07, 6.45) is -0.522. The van der Waals surface area contributed by atoms with Crippen LogP contribution < -0.4 is 10.6 Å². The van der Waals surface area contributed by atoms with Gasteiger partial charge in [0, 0.05) is 30.9 Å². The lowest BCUT2D eigenvalue weighted by molar-refractivity contribution is 0.0635. The van der Waals surface area contributed by atoms with Crippen molar-refractivity contribution in [1.82, 2.24) is 10.2 Å². The third kappa shape index (κ3) is 7.80. The number of ether oxygens (including phenoxy) is 1. The van der Waals surface area contributed by atoms with Crippen molar-refractivity contribution in [2.75, 3.05) is 25.5 Å². The van der Waals surface area contributed by atoms with E-state index in [9.17, 15) is 9.59 Å². The Kier molecular flexibility index (Phi) is 7.58. The van der Waals surface area contributed by atoms with Crippen molar-refractivity contribution in [3.63, 3.8) is 0 Å². The molecule has 0 bridgehead atoms. The number of nitrogens with one attached hydrogen (secondary N) is 2. The van der Waals surface area contributed by atoms with Crippen LogP contribution in [0.2, 0.25) is 0 Å². The van der Waals surface area contributed by atoms with Crippen molar-refractivity contribution in [2.45, 2.75) is 32.9 Å². The first-order valence-electron chi connectivity index (χ1n) is 9.34. The van der Waals surface area contributed by atoms with Crippen molar-refractivity contribution >= 4 is 17.7 Å². The molecule has 2 amide bonds. The summed E-state index contributed by atoms with van der Waals surface area (Å²) in [5.74, 6) is -0.142. The minimum Gasteiger partial charge on any atom is -0.444 e. The Morgan fingerprint density at radius 3 is 2.25 bits per heavy atom. The summed E-state index contributed by atoms with van der Waals surface area (Å²) >= 11 is 0. The first-order valence-corrected chi connectivity index (χ1v) is 9.34. The fourth-order valence-corrected chi connectivity index (χ4v) is 2.56. The second kappa shape index (κ2) is 9.90. The summed E-state index contributed by atoms with van der Waals surface area (Å²) in [5.41, 5.74) is 1.80. The van der Waals surface area contributed by atoms with Gasteiger partial charge >= 0.3 is 6.09 Å². The van der Waals surface area contributed by atoms with Crippen LogP contribution in [0.1, 0.15) is 36.7 Å². The molecule has 2 aromatic carbocycles. The molecule has 28 heavy (non-hydrogen) atoms. The molecule has 0 aliphatic carbocycles. The molecule has 0 saturated carbocycles. The van der Waals surface area contributed by atoms with Crippen LogP contribution in [0.15, 0.2) is 54.6 Å². The molecule has 0 saturated heterocycles. The van der Waals surface area contributed by atoms with Crippen LogP contribution in [0.4, 0.5) is 10.5 Å². The Balaban J connectivity index is 1.75. The third-order valence-corrected chi connectivity index (χ3v) is 3.87. The predicted octanol–water partition coefficient (Wildman–Crippen LogP) is 3.90. The number of rotatable bonds is 7. The normalized spacial score (nSPS) is 11.2. The Hall–Kier alpha value is -2.86. The smallest absolute Gasteiger partial charge is 0.412 e. The molecular formula is C22H29N3O3. The highest BCUT2D eigenvalue weighted by molar-refractivity contribution is 5.95. The number of hydrogen-bond donors (Lipinski definition) is 2. The second-order valence-corrected chi connectivity index (χ2v) is 7.68. The number of anilines is 1. The number of amides is 2. The van der Waals surface area contributed by atoms with Crippen LogP contribution in [0.25, 0.3) is 0 Å². The number of carbonyl (C=O) groups excluding carboxylic acids is 2. The van der Waals surface area contributed by atoms with Gasteiger partial charge in [-0.15, -0.1) is 0 Å². The van der Waals surface area contributed by atoms with Gasteiger partial charge in [0.25, 0.3) is 5.91 Å². The van der Waals surface area contributed by atoms with Crippen LogP contribution in [-0.4, -0.2) is 42.6 Å². The molecule has 0 unspecified atom stereocenters. The van der Waals surface area contributed by atoms with E-state index >= 15 is 0 Å². The van der Waals surface area contributed by atoms with Gasteiger partial charge in [-0.3, -0.25) is 10.1 Å². The van der Waals surface area contributed by atoms with Gasteiger partial charge in [0.1, 0.15) is 5.60 Å². The standard InChI is InChI=1S/C22H29N3O3/c1-22(2,3)28-21(27)24-19-12-10-18(11-13-19)20(26)23-14-15-25(4)16-17-8-6-5-7-9-17/h5-13H,14-16H2,1-4H3,(H,23,26)(H,24,27). The Bertz CT molecular complexity index is 768. The fourth-order valence-electron chi connectivity index (χ4n) is 2.56. The van der Waals surface area contributed by atoms with Gasteiger partial charge in [-0.25, -0.2) is 4.79 Å². The van der Waals surface area contributed by atoms with Crippen LogP contribution in [0, 0.1) is 0 Å². The van der Waals surface area contributed by atoms with Gasteiger partial charge in [0.15, 0.2) is 0 Å². The molecule has 0 radical (unpaired) electrons. The quantitative estimate of drug-likeness (QED) is 0.761. The van der Waals surface area contributed by atoms with Gasteiger partial charge in [0.2, 0.25) is 0 Å². The van der Waals surface area contributed by atoms with Crippen molar-refractivity contribution in [3.8, 4) is 0 Å². The van der Waals surface area contributed by atoms with E-state index in [1.807, 2.05) is 25.2 Å². The molecule has 0 aromatic heterocycles. The lowest BCUT2D eigenvalue weighted by Crippen LogP contribution is -2.32. The molecule has 6 heteroatoms. The summed E-state index contributed by atoms with van der Waals surface area (Å²) in [6, 6.07) is 16.9. The maximum atomic E-state index is 12.3. The van der Waals surface area contributed by atoms with E-state index in [-0.39, 0.29) is 5.91 Å². The number of benzene rings is 2. The maximum Gasteiger partial charge on any atom is 0.412 e. The molecule has 2 aromatic rings. The maximum absolute atomic E-state index is 12.3. The van der Waals surface area contributed by atoms with Gasteiger partial charge in [-0.2, -0.15) is 0 Å². The lowest BCUT2D eigenvalue weighted by Gasteiger charge is -2.19. The highest BCUT2D eigenvalue weighted by Gasteiger charge is 2.16. The molecule has 0 aliphatic heterocycles. The molecule has 0 aliphatic rings. The minimum atomic E-state index is -0.558. The topological polar surface area (TPSA) is 70.7 Å². The summed E-state index contributed by atoms with van der Waals surface area (Å²) in [6.45, 7) is 7.55. The van der Waals surface area contributed by atoms with Crippen molar-refractivity contribution in [3.05, 3.63) is 65.7 Å². The van der Waals surface area contributed by atoms with Crippen molar-refractivity contribution < 1.29 is 14.3 Å². The SMILES string of the molecule is CN(CCNC(=O)c1ccc(NC(=O)OC(C)(C)C)cc1)Cc1ccccc1. The third-order valence-electron chi connectivity index (χ3n) is 3.87. The highest BCUT2D eigenvalue weighted by atomic mass is 16.6. The van der Waals surface area contributed by atoms with Gasteiger partial charge < -0.3 is 15.0 Å². The molecule has 0 spiro atoms. The fraction of sp³-hybridized carbons (Fsp3) is 0.364. The lowest BCUT2D eigenvalue weighted by atomic mass is 10.2. The Morgan fingerprint density at radius 2 is 1.64 bits per heavy atom. The van der Waals surface area contributed by atoms with Crippen LogP contribution >= 0.6 is 0 Å². The minimum absolute atomic E-state index is 0.142. The van der Waals surface area contributed by atoms with E-state index < -0.39 is 11.7 Å². The molecule has 6 nitrogen and oxygen atoms in total. The number of hydrogen-bond acceptors (Lipinski definition) is 4. The second-order valence-electron chi connectivity index (χ2n) is 7.68. The zero-order valence-corrected chi connectivity index (χ0v) is 17.0. The van der Waals surface area contributed by atoms with Gasteiger partial charge in [-0.05, 0) is 57.6 Å². The van der Waals surface area contributed by atoms with E-state index in [4.69, 9.17) is 4.74 Å². The molecule has 0 atom stereocenters. The molecular weight excluding hydrogens is 354 g/mol. The largest absolute Gasteiger partial charge is 0.444 e. The van der Waals surface area contributed by atoms with Crippen molar-refractivity contribution in [1.29, 1.82) is 0 Å². The molecule has 2 N–H and O–H groups in total. The van der Waals surface area contributed by atoms with Crippen LogP contribution in [-0.2, 0) is 11.3 Å². The zero-order valence-electron chi connectivity index (χ0n) is 17.0. The summed E-state index contributed by atoms with van der Waals surface area (Å²) in [5, 5.41) is 5.56. The molecule has 2 rings (SSSR count). The average molecular weight is 383 g/mol. The van der Waals surface area contributed by atoms with E-state index in [1.54, 1.807) is 45.0 Å². The van der Waals surface area contributed by atoms with E-state index in [0.29, 0.717) is 17.8 Å². The highest BCUT2D eigenvalue weighted by Crippen LogP contribution is 2.13. The first-order chi connectivity index (χ1) is 13.2. The van der Waals surface area contributed by atoms with Crippen LogP contribution in [0.5, 0.6) is 0 Å². The Labute approximate surface area is 166 Å². The van der Waals surface area contributed by atoms with E-state index in [2.05, 4.69) is 27.7 Å². The molecule has 150 valence electrons. The monoisotopic (exact) mass is 383 g/mol. The predicted molar refractivity (Wildman–Crippen MR) is 111 cm³/mol. The summed E-state index contributed by atoms with van der Waals surface area (Å²) in [7, 11) is 2.02. The molecule has 0 heterocycles. The average Bonchev–Trinajstić information content (AvgIpc) is 2.61. The number of carbonyl (C=O) groups is 2. The number of likely N-dealkylation sites (N-methyl/N-ethyl adjacent to an activating group) is 1.